The molecule has 5 aromatic carbocycles. The van der Waals surface area contributed by atoms with E-state index in [0.29, 0.717) is 80.7 Å². The number of fused-ring (bicyclic) bond motifs is 2. The van der Waals surface area contributed by atoms with E-state index >= 15 is 0 Å². The van der Waals surface area contributed by atoms with Gasteiger partial charge in [0.25, 0.3) is 11.8 Å². The van der Waals surface area contributed by atoms with E-state index in [0.717, 1.165) is 63.8 Å². The molecule has 5 N–H and O–H groups in total. The van der Waals surface area contributed by atoms with Gasteiger partial charge in [0.15, 0.2) is 34.8 Å². The first-order valence-corrected chi connectivity index (χ1v) is 33.3. The molecule has 19 nitrogen and oxygen atoms in total. The lowest BCUT2D eigenvalue weighted by atomic mass is 10.1. The summed E-state index contributed by atoms with van der Waals surface area (Å²) in [6, 6.07) is 18.1. The SMILES string of the molecule is CC(C)N1CCOc2c(F)cc(-c3nc(Cl)ncc3F)cc21.CCN1CCCCC1.CCN1CCN(C(=O)c2ccc(Cc3ncc(F)c(-c4cc(F)c5c(c4)N(C(C)C)CCO5)n3)cc2F)CC1.CCN1CCN(C(=O)c2ccc(N)cc2F)CC1.Nc1ccc(C(=O)O)c(F)c1. The minimum Gasteiger partial charge on any atom is -0.486 e. The fourth-order valence-corrected chi connectivity index (χ4v) is 11.9. The Morgan fingerprint density at radius 2 is 0.918 bits per heavy atom. The summed E-state index contributed by atoms with van der Waals surface area (Å²) in [5.41, 5.74) is 13.1. The van der Waals surface area contributed by atoms with Crippen LogP contribution in [0.15, 0.2) is 91.3 Å². The fourth-order valence-electron chi connectivity index (χ4n) is 11.8. The number of aromatic nitrogens is 4. The lowest BCUT2D eigenvalue weighted by Crippen LogP contribution is -2.48. The molecule has 7 heterocycles. The van der Waals surface area contributed by atoms with E-state index in [1.807, 2.05) is 37.5 Å². The van der Waals surface area contributed by atoms with Crippen LogP contribution in [0.25, 0.3) is 22.5 Å². The molecule has 0 bridgehead atoms. The number of piperazine rings is 2. The molecule has 0 unspecified atom stereocenters. The Labute approximate surface area is 572 Å². The van der Waals surface area contributed by atoms with Crippen LogP contribution in [-0.2, 0) is 6.42 Å². The van der Waals surface area contributed by atoms with Crippen LogP contribution in [0, 0.1) is 40.7 Å². The largest absolute Gasteiger partial charge is 0.486 e. The summed E-state index contributed by atoms with van der Waals surface area (Å²) in [7, 11) is 0. The summed E-state index contributed by atoms with van der Waals surface area (Å²) in [6.07, 6.45) is 6.43. The van der Waals surface area contributed by atoms with Gasteiger partial charge in [-0.25, -0.2) is 55.5 Å². The Morgan fingerprint density at radius 1 is 0.500 bits per heavy atom. The number of amides is 2. The lowest BCUT2D eigenvalue weighted by Gasteiger charge is -2.34. The number of likely N-dealkylation sites (tertiary alicyclic amines) is 1. The first kappa shape index (κ1) is 74.9. The van der Waals surface area contributed by atoms with E-state index in [1.54, 1.807) is 34.1 Å². The number of aromatic carboxylic acids is 1. The smallest absolute Gasteiger partial charge is 0.338 e. The maximum absolute atomic E-state index is 15.0. The van der Waals surface area contributed by atoms with E-state index in [9.17, 15) is 45.1 Å². The van der Waals surface area contributed by atoms with Crippen LogP contribution >= 0.6 is 11.6 Å². The first-order chi connectivity index (χ1) is 46.9. The second-order valence-electron chi connectivity index (χ2n) is 24.4. The third-order valence-corrected chi connectivity index (χ3v) is 17.5. The summed E-state index contributed by atoms with van der Waals surface area (Å²) in [4.78, 5) is 65.5. The summed E-state index contributed by atoms with van der Waals surface area (Å²) < 4.78 is 110. The number of rotatable bonds is 12. The predicted molar refractivity (Wildman–Crippen MR) is 366 cm³/mol. The Bertz CT molecular complexity index is 3890. The Balaban J connectivity index is 0.000000175. The number of anilines is 4. The van der Waals surface area contributed by atoms with Crippen LogP contribution in [-0.4, -0.2) is 191 Å². The zero-order chi connectivity index (χ0) is 70.9. The highest BCUT2D eigenvalue weighted by atomic mass is 35.5. The van der Waals surface area contributed by atoms with Crippen molar-refractivity contribution in [3.8, 4) is 34.0 Å². The van der Waals surface area contributed by atoms with Crippen LogP contribution in [0.3, 0.4) is 0 Å². The van der Waals surface area contributed by atoms with Crippen molar-refractivity contribution >= 4 is 52.1 Å². The van der Waals surface area contributed by atoms with Gasteiger partial charge in [-0.15, -0.1) is 0 Å². The van der Waals surface area contributed by atoms with Crippen LogP contribution in [0.2, 0.25) is 5.28 Å². The van der Waals surface area contributed by atoms with E-state index in [-0.39, 0.29) is 92.3 Å². The van der Waals surface area contributed by atoms with E-state index in [2.05, 4.69) is 55.4 Å². The molecule has 5 aliphatic heterocycles. The number of piperidine rings is 1. The number of ether oxygens (including phenoxy) is 2. The van der Waals surface area contributed by atoms with Gasteiger partial charge in [0.2, 0.25) is 5.28 Å². The maximum Gasteiger partial charge on any atom is 0.338 e. The molecule has 27 heteroatoms. The zero-order valence-corrected chi connectivity index (χ0v) is 57.0. The quantitative estimate of drug-likeness (QED) is 0.0589. The highest BCUT2D eigenvalue weighted by molar-refractivity contribution is 6.28. The lowest BCUT2D eigenvalue weighted by molar-refractivity contribution is 0.0632. The minimum absolute atomic E-state index is 0.0193. The topological polar surface area (TPSA) is 216 Å². The summed E-state index contributed by atoms with van der Waals surface area (Å²) in [5, 5.41) is 8.28. The third kappa shape index (κ3) is 19.5. The molecule has 0 radical (unpaired) electrons. The second-order valence-corrected chi connectivity index (χ2v) is 24.8. The van der Waals surface area contributed by atoms with Gasteiger partial charge in [-0.05, 0) is 163 Å². The number of carboxylic acid groups (broad SMARTS) is 1. The van der Waals surface area contributed by atoms with Crippen molar-refractivity contribution in [2.45, 2.75) is 86.2 Å². The number of hydrogen-bond acceptors (Lipinski definition) is 16. The fraction of sp³-hybridized carbons (Fsp3) is 0.423. The summed E-state index contributed by atoms with van der Waals surface area (Å²) in [6.45, 7) is 27.9. The number of hydrogen-bond donors (Lipinski definition) is 3. The van der Waals surface area contributed by atoms with Gasteiger partial charge in [0.1, 0.15) is 47.9 Å². The number of carboxylic acids is 1. The molecule has 526 valence electrons. The van der Waals surface area contributed by atoms with Gasteiger partial charge in [-0.2, -0.15) is 0 Å². The normalized spacial score (nSPS) is 15.6. The minimum atomic E-state index is -1.29. The molecule has 12 rings (SSSR count). The summed E-state index contributed by atoms with van der Waals surface area (Å²) >= 11 is 5.71. The molecule has 5 aliphatic rings. The molecule has 7 aromatic rings. The van der Waals surface area contributed by atoms with Crippen molar-refractivity contribution in [1.82, 2.24) is 44.4 Å². The predicted octanol–water partition coefficient (Wildman–Crippen LogP) is 12.0. The van der Waals surface area contributed by atoms with E-state index in [4.69, 9.17) is 37.6 Å². The number of carbonyl (C=O) groups excluding carboxylic acids is 2. The van der Waals surface area contributed by atoms with Gasteiger partial charge in [-0.1, -0.05) is 33.3 Å². The molecule has 0 spiro atoms. The number of carbonyl (C=O) groups is 3. The number of likely N-dealkylation sites (N-methyl/N-ethyl adjacent to an activating group) is 2. The van der Waals surface area contributed by atoms with Crippen molar-refractivity contribution in [3.05, 3.63) is 165 Å². The van der Waals surface area contributed by atoms with E-state index < -0.39 is 46.7 Å². The van der Waals surface area contributed by atoms with Crippen LogP contribution < -0.4 is 30.7 Å². The third-order valence-electron chi connectivity index (χ3n) is 17.3. The molecule has 3 fully saturated rings. The molecule has 0 aliphatic carbocycles. The highest BCUT2D eigenvalue weighted by Crippen LogP contribution is 2.41. The van der Waals surface area contributed by atoms with Gasteiger partial charge in [0, 0.05) is 93.4 Å². The van der Waals surface area contributed by atoms with E-state index in [1.165, 1.54) is 81.4 Å². The number of benzene rings is 5. The number of nitrogens with two attached hydrogens (primary N) is 2. The summed E-state index contributed by atoms with van der Waals surface area (Å²) in [5.74, 6) is -5.75. The highest BCUT2D eigenvalue weighted by Gasteiger charge is 2.30. The standard InChI is InChI=1S/C29H32F3N5O2.C15H14ClF2N3O.C13H18FN3O.C7H6FNO2.C7H15N/c1-4-35-7-9-36(10-8-35)29(38)21-6-5-19(13-22(21)30)14-26-33-17-24(32)27(34-26)20-15-23(31)28-25(16-20)37(18(2)3)11-12-39-28;1-8(2)21-3-4-22-14-10(17)5-9(6-12(14)21)13-11(18)7-19-15(16)20-13;1-2-16-5-7-17(8-6-16)13(18)11-4-3-10(15)9-12(11)14;8-6-3-4(9)1-2-5(6)7(10)11;1-2-8-6-4-3-5-7-8/h5-6,13,15-18H,4,7-12,14H2,1-3H3;5-8H,3-4H2,1-2H3;3-4,9H,2,5-8,15H2,1H3;1-3H,9H2,(H,10,11);2-7H2,1H3. The molecule has 3 saturated heterocycles. The zero-order valence-electron chi connectivity index (χ0n) is 56.3. The first-order valence-electron chi connectivity index (χ1n) is 32.9. The average molecular weight is 1380 g/mol. The molecular weight excluding hydrogens is 1300 g/mol. The van der Waals surface area contributed by atoms with Gasteiger partial charge in [-0.3, -0.25) is 9.59 Å². The molecule has 2 amide bonds. The molecule has 0 saturated carbocycles. The van der Waals surface area contributed by atoms with Crippen LogP contribution in [0.5, 0.6) is 11.5 Å². The number of nitrogens with zero attached hydrogens (tertiary/aromatic N) is 11. The molecule has 0 atom stereocenters. The van der Waals surface area contributed by atoms with Gasteiger partial charge >= 0.3 is 5.97 Å². The van der Waals surface area contributed by atoms with Crippen molar-refractivity contribution in [3.63, 3.8) is 0 Å². The molecular formula is C71H85ClF7N13O6. The second kappa shape index (κ2) is 35.1. The van der Waals surface area contributed by atoms with Crippen molar-refractivity contribution < 1.29 is 59.7 Å². The maximum atomic E-state index is 15.0. The Morgan fingerprint density at radius 3 is 1.34 bits per heavy atom. The van der Waals surface area contributed by atoms with Gasteiger partial charge < -0.3 is 60.3 Å². The number of nitrogen functional groups attached to an aromatic ring is 2. The van der Waals surface area contributed by atoms with Crippen molar-refractivity contribution in [1.29, 1.82) is 0 Å². The van der Waals surface area contributed by atoms with Crippen LogP contribution in [0.1, 0.15) is 110 Å². The average Bonchev–Trinajstić information content (AvgIpc) is 0.782. The molecule has 98 heavy (non-hydrogen) atoms. The van der Waals surface area contributed by atoms with Gasteiger partial charge in [0.05, 0.1) is 53.5 Å². The molecule has 2 aromatic heterocycles. The Hall–Kier alpha value is -8.85. The van der Waals surface area contributed by atoms with Crippen LogP contribution in [0.4, 0.5) is 53.5 Å². The Kier molecular flexibility index (Phi) is 26.8. The van der Waals surface area contributed by atoms with Crippen molar-refractivity contribution in [2.75, 3.05) is 133 Å². The number of halogens is 8. The van der Waals surface area contributed by atoms with Crippen molar-refractivity contribution in [2.24, 2.45) is 0 Å². The monoisotopic (exact) mass is 1380 g/mol.